The highest BCUT2D eigenvalue weighted by molar-refractivity contribution is 6.32. The van der Waals surface area contributed by atoms with Crippen LogP contribution in [0.15, 0.2) is 36.4 Å². The second-order valence-corrected chi connectivity index (χ2v) is 12.4. The van der Waals surface area contributed by atoms with Crippen LogP contribution in [-0.4, -0.2) is 92.7 Å². The zero-order chi connectivity index (χ0) is 32.2. The molecule has 0 bridgehead atoms. The number of carbonyl (C=O) groups excluding carboxylic acids is 7. The van der Waals surface area contributed by atoms with Crippen molar-refractivity contribution in [3.8, 4) is 5.75 Å². The van der Waals surface area contributed by atoms with Gasteiger partial charge in [0.1, 0.15) is 5.75 Å². The van der Waals surface area contributed by atoms with Crippen molar-refractivity contribution in [2.75, 3.05) is 14.1 Å². The Bertz CT molecular complexity index is 1690. The molecule has 1 amide bonds. The van der Waals surface area contributed by atoms with Gasteiger partial charge in [-0.2, -0.15) is 0 Å². The largest absolute Gasteiger partial charge is 0.507 e. The van der Waals surface area contributed by atoms with Crippen LogP contribution in [0.1, 0.15) is 55.0 Å². The van der Waals surface area contributed by atoms with Gasteiger partial charge in [0.15, 0.2) is 46.2 Å². The molecule has 2 fully saturated rings. The van der Waals surface area contributed by atoms with E-state index in [0.29, 0.717) is 0 Å². The van der Waals surface area contributed by atoms with Gasteiger partial charge in [-0.3, -0.25) is 38.5 Å². The first kappa shape index (κ1) is 29.7. The number of nitrogens with two attached hydrogens (primary N) is 1. The lowest BCUT2D eigenvalue weighted by Gasteiger charge is -2.56. The Morgan fingerprint density at radius 2 is 1.52 bits per heavy atom. The predicted octanol–water partition coefficient (Wildman–Crippen LogP) is -0.363. The van der Waals surface area contributed by atoms with Gasteiger partial charge in [0.05, 0.1) is 35.5 Å². The Balaban J connectivity index is 1.44. The van der Waals surface area contributed by atoms with Gasteiger partial charge in [-0.05, 0) is 37.6 Å². The highest BCUT2D eigenvalue weighted by Gasteiger charge is 2.73. The maximum absolute atomic E-state index is 14.1. The molecule has 4 aliphatic carbocycles. The standard InChI is InChI=1S/C32H30N2O10/c1-11-13-9-8-12(10-16-24(36)14-6-4-5-7-15(14)25(16)37)23(35)18(13)26(38)19-17(11)27(39)21-22(34(2)3)28(40)20(31(33)43)30(42)32(21,44)29(19)41/h4-9,11,16-17,19-22,27,35,39,44H,10H2,1-3H3,(H2,33,43)/t11-,17+,19?,20?,21+,22-,27-,32-/m1/s1. The van der Waals surface area contributed by atoms with Gasteiger partial charge >= 0.3 is 0 Å². The van der Waals surface area contributed by atoms with Gasteiger partial charge in [0, 0.05) is 17.0 Å². The van der Waals surface area contributed by atoms with Crippen LogP contribution in [0.4, 0.5) is 0 Å². The molecule has 0 spiro atoms. The molecule has 228 valence electrons. The number of hydrogen-bond acceptors (Lipinski definition) is 11. The fourth-order valence-electron chi connectivity index (χ4n) is 8.01. The summed E-state index contributed by atoms with van der Waals surface area (Å²) < 4.78 is 0. The zero-order valence-electron chi connectivity index (χ0n) is 24.0. The summed E-state index contributed by atoms with van der Waals surface area (Å²) in [4.78, 5) is 94.4. The Morgan fingerprint density at radius 1 is 0.932 bits per heavy atom. The molecule has 0 saturated heterocycles. The number of aromatic hydroxyl groups is 1. The van der Waals surface area contributed by atoms with Crippen molar-refractivity contribution < 1.29 is 48.9 Å². The van der Waals surface area contributed by atoms with Crippen LogP contribution in [0.3, 0.4) is 0 Å². The molecule has 2 saturated carbocycles. The van der Waals surface area contributed by atoms with Gasteiger partial charge in [0.25, 0.3) is 0 Å². The molecule has 12 nitrogen and oxygen atoms in total. The fourth-order valence-corrected chi connectivity index (χ4v) is 8.01. The number of ketones is 6. The number of hydrogen-bond donors (Lipinski definition) is 4. The number of fused-ring (bicyclic) bond motifs is 4. The number of aliphatic hydroxyl groups is 2. The number of nitrogens with zero attached hydrogens (tertiary/aromatic N) is 1. The molecule has 4 aliphatic rings. The van der Waals surface area contributed by atoms with Crippen LogP contribution >= 0.6 is 0 Å². The molecule has 8 atom stereocenters. The third-order valence-electron chi connectivity index (χ3n) is 10.1. The number of phenolic OH excluding ortho intramolecular Hbond substituents is 1. The fraction of sp³-hybridized carbons (Fsp3) is 0.406. The SMILES string of the molecule is C[C@@H]1c2ccc(CC3C(=O)c4ccccc4C3=O)c(O)c2C(=O)C2C(=O)[C@@]3(O)C(=O)C(C(N)=O)C(=O)[C@H](N(C)C)[C@H]3[C@H](O)[C@H]21. The van der Waals surface area contributed by atoms with E-state index in [-0.39, 0.29) is 34.2 Å². The van der Waals surface area contributed by atoms with E-state index in [9.17, 15) is 48.9 Å². The van der Waals surface area contributed by atoms with Crippen LogP contribution in [0.5, 0.6) is 5.75 Å². The monoisotopic (exact) mass is 602 g/mol. The van der Waals surface area contributed by atoms with Crippen molar-refractivity contribution in [3.63, 3.8) is 0 Å². The van der Waals surface area contributed by atoms with E-state index in [2.05, 4.69) is 0 Å². The van der Waals surface area contributed by atoms with Gasteiger partial charge < -0.3 is 21.1 Å². The minimum absolute atomic E-state index is 0.100. The summed E-state index contributed by atoms with van der Waals surface area (Å²) in [5.41, 5.74) is 2.84. The quantitative estimate of drug-likeness (QED) is 0.332. The number of benzene rings is 2. The van der Waals surface area contributed by atoms with Crippen LogP contribution in [0.2, 0.25) is 0 Å². The summed E-state index contributed by atoms with van der Waals surface area (Å²) in [5, 5.41) is 34.8. The molecule has 0 aliphatic heterocycles. The Labute approximate surface area is 250 Å². The summed E-state index contributed by atoms with van der Waals surface area (Å²) in [6, 6.07) is 7.87. The second-order valence-electron chi connectivity index (χ2n) is 12.4. The summed E-state index contributed by atoms with van der Waals surface area (Å²) in [7, 11) is 2.84. The summed E-state index contributed by atoms with van der Waals surface area (Å²) in [6.45, 7) is 1.60. The van der Waals surface area contributed by atoms with Crippen molar-refractivity contribution >= 4 is 40.6 Å². The van der Waals surface area contributed by atoms with Crippen LogP contribution in [0, 0.1) is 29.6 Å². The Morgan fingerprint density at radius 3 is 2.07 bits per heavy atom. The number of aliphatic hydroxyl groups excluding tert-OH is 1. The maximum atomic E-state index is 14.1. The van der Waals surface area contributed by atoms with E-state index in [4.69, 9.17) is 5.73 Å². The molecule has 6 rings (SSSR count). The number of Topliss-reactive ketones (excluding diaryl/α,β-unsaturated/α-hetero) is 6. The number of rotatable bonds is 4. The van der Waals surface area contributed by atoms with Gasteiger partial charge in [-0.25, -0.2) is 0 Å². The highest BCUT2D eigenvalue weighted by Crippen LogP contribution is 2.54. The normalized spacial score (nSPS) is 33.3. The lowest BCUT2D eigenvalue weighted by molar-refractivity contribution is -0.196. The summed E-state index contributed by atoms with van der Waals surface area (Å²) >= 11 is 0. The lowest BCUT2D eigenvalue weighted by atomic mass is 9.49. The molecule has 2 unspecified atom stereocenters. The Kier molecular flexibility index (Phi) is 6.62. The minimum atomic E-state index is -3.10. The number of primary amides is 1. The first-order chi connectivity index (χ1) is 20.7. The van der Waals surface area contributed by atoms with E-state index in [1.165, 1.54) is 43.3 Å². The van der Waals surface area contributed by atoms with E-state index in [0.717, 1.165) is 0 Å². The third-order valence-corrected chi connectivity index (χ3v) is 10.1. The first-order valence-electron chi connectivity index (χ1n) is 14.2. The molecule has 5 N–H and O–H groups in total. The minimum Gasteiger partial charge on any atom is -0.507 e. The van der Waals surface area contributed by atoms with Crippen LogP contribution < -0.4 is 5.73 Å². The molecule has 0 radical (unpaired) electrons. The van der Waals surface area contributed by atoms with E-state index >= 15 is 0 Å². The number of amides is 1. The molecule has 2 aromatic carbocycles. The van der Waals surface area contributed by atoms with Crippen LogP contribution in [0.25, 0.3) is 0 Å². The van der Waals surface area contributed by atoms with E-state index < -0.39 is 99.6 Å². The second kappa shape index (κ2) is 9.81. The highest BCUT2D eigenvalue weighted by atomic mass is 16.3. The molecule has 2 aromatic rings. The average molecular weight is 603 g/mol. The first-order valence-corrected chi connectivity index (χ1v) is 14.2. The van der Waals surface area contributed by atoms with E-state index in [1.54, 1.807) is 19.1 Å². The molecular formula is C32H30N2O10. The van der Waals surface area contributed by atoms with Crippen molar-refractivity contribution in [2.45, 2.75) is 37.0 Å². The van der Waals surface area contributed by atoms with Gasteiger partial charge in [-0.15, -0.1) is 0 Å². The number of likely N-dealkylation sites (N-methyl/N-ethyl adjacent to an activating group) is 1. The lowest BCUT2D eigenvalue weighted by Crippen LogP contribution is -2.77. The predicted molar refractivity (Wildman–Crippen MR) is 150 cm³/mol. The maximum Gasteiger partial charge on any atom is 0.235 e. The molecule has 44 heavy (non-hydrogen) atoms. The van der Waals surface area contributed by atoms with Crippen molar-refractivity contribution in [1.29, 1.82) is 0 Å². The van der Waals surface area contributed by atoms with Gasteiger partial charge in [0.2, 0.25) is 5.91 Å². The summed E-state index contributed by atoms with van der Waals surface area (Å²) in [5.74, 6) is -16.3. The molecule has 0 heterocycles. The third kappa shape index (κ3) is 3.64. The number of carbonyl (C=O) groups is 7. The average Bonchev–Trinajstić information content (AvgIpc) is 3.20. The van der Waals surface area contributed by atoms with Gasteiger partial charge in [-0.1, -0.05) is 43.3 Å². The summed E-state index contributed by atoms with van der Waals surface area (Å²) in [6.07, 6.45) is -1.96. The van der Waals surface area contributed by atoms with Crippen molar-refractivity contribution in [3.05, 3.63) is 64.2 Å². The van der Waals surface area contributed by atoms with Crippen LogP contribution in [-0.2, 0) is 25.6 Å². The van der Waals surface area contributed by atoms with Crippen molar-refractivity contribution in [1.82, 2.24) is 4.90 Å². The van der Waals surface area contributed by atoms with E-state index in [1.807, 2.05) is 0 Å². The smallest absolute Gasteiger partial charge is 0.235 e. The number of phenols is 1. The molecular weight excluding hydrogens is 572 g/mol. The zero-order valence-corrected chi connectivity index (χ0v) is 24.0. The Hall–Kier alpha value is -4.39. The van der Waals surface area contributed by atoms with Crippen molar-refractivity contribution in [2.24, 2.45) is 35.3 Å². The molecule has 0 aromatic heterocycles. The molecule has 12 heteroatoms. The topological polar surface area (TPSA) is 209 Å².